The third-order valence-corrected chi connectivity index (χ3v) is 4.18. The minimum absolute atomic E-state index is 0.372. The van der Waals surface area contributed by atoms with Crippen molar-refractivity contribution in [2.24, 2.45) is 0 Å². The molecule has 0 atom stereocenters. The topological polar surface area (TPSA) is 125 Å². The van der Waals surface area contributed by atoms with E-state index in [-0.39, 0.29) is 0 Å². The number of sulfonamides is 1. The third-order valence-electron chi connectivity index (χ3n) is 3.58. The molecule has 26 heavy (non-hydrogen) atoms. The minimum Gasteiger partial charge on any atom is -0.324 e. The molecule has 1 aromatic carbocycles. The lowest BCUT2D eigenvalue weighted by Gasteiger charge is -2.09. The number of benzene rings is 1. The van der Waals surface area contributed by atoms with Crippen LogP contribution < -0.4 is 15.4 Å². The molecule has 136 valence electrons. The molecule has 3 rings (SSSR count). The Balaban J connectivity index is 1.77. The Hall–Kier alpha value is -3.14. The number of aromatic nitrogens is 4. The van der Waals surface area contributed by atoms with Crippen molar-refractivity contribution in [3.63, 3.8) is 0 Å². The number of aromatic amines is 1. The molecule has 4 N–H and O–H groups in total. The summed E-state index contributed by atoms with van der Waals surface area (Å²) in [7, 11) is -3.34. The first-order valence-electron chi connectivity index (χ1n) is 7.77. The van der Waals surface area contributed by atoms with Crippen molar-refractivity contribution in [1.29, 1.82) is 0 Å². The molecule has 0 radical (unpaired) electrons. The summed E-state index contributed by atoms with van der Waals surface area (Å²) in [5.41, 5.74) is 3.10. The Morgan fingerprint density at radius 1 is 1.08 bits per heavy atom. The first-order valence-corrected chi connectivity index (χ1v) is 9.66. The van der Waals surface area contributed by atoms with Crippen LogP contribution in [0.3, 0.4) is 0 Å². The van der Waals surface area contributed by atoms with E-state index in [0.29, 0.717) is 29.0 Å². The van der Waals surface area contributed by atoms with Crippen LogP contribution in [0.15, 0.2) is 36.5 Å². The van der Waals surface area contributed by atoms with Crippen LogP contribution in [0.1, 0.15) is 11.3 Å². The van der Waals surface area contributed by atoms with E-state index in [1.54, 1.807) is 36.5 Å². The molecule has 0 saturated heterocycles. The molecule has 0 unspecified atom stereocenters. The largest absolute Gasteiger partial charge is 0.324 e. The second-order valence-electron chi connectivity index (χ2n) is 5.79. The quantitative estimate of drug-likeness (QED) is 0.523. The van der Waals surface area contributed by atoms with Crippen molar-refractivity contribution >= 4 is 39.0 Å². The zero-order valence-corrected chi connectivity index (χ0v) is 15.3. The zero-order chi connectivity index (χ0) is 18.7. The smallest absolute Gasteiger partial charge is 0.229 e. The summed E-state index contributed by atoms with van der Waals surface area (Å²) in [6.07, 6.45) is 2.72. The van der Waals surface area contributed by atoms with Crippen molar-refractivity contribution < 1.29 is 8.42 Å². The standard InChI is InChI=1S/C16H19N7O2S/c1-10-11(2)21-22-15(10)19-14-7-8-17-16(20-14)18-12-5-4-6-13(9-12)23-26(3,24)25/h4-9,23H,1-3H3,(H3,17,18,19,20,21,22). The molecule has 0 saturated carbocycles. The van der Waals surface area contributed by atoms with E-state index < -0.39 is 10.0 Å². The van der Waals surface area contributed by atoms with Crippen LogP contribution in [0.5, 0.6) is 0 Å². The summed E-state index contributed by atoms with van der Waals surface area (Å²) >= 11 is 0. The van der Waals surface area contributed by atoms with Gasteiger partial charge in [-0.25, -0.2) is 13.4 Å². The second kappa shape index (κ2) is 7.00. The van der Waals surface area contributed by atoms with Crippen LogP contribution in [-0.4, -0.2) is 34.8 Å². The molecule has 0 aliphatic heterocycles. The van der Waals surface area contributed by atoms with Crippen LogP contribution in [0, 0.1) is 13.8 Å². The number of H-pyrrole nitrogens is 1. The van der Waals surface area contributed by atoms with Crippen molar-refractivity contribution in [2.75, 3.05) is 21.6 Å². The van der Waals surface area contributed by atoms with E-state index in [1.807, 2.05) is 13.8 Å². The molecule has 0 aliphatic rings. The van der Waals surface area contributed by atoms with Crippen molar-refractivity contribution in [3.8, 4) is 0 Å². The molecular formula is C16H19N7O2S. The Kier molecular flexibility index (Phi) is 4.76. The predicted octanol–water partition coefficient (Wildman–Crippen LogP) is 2.68. The third kappa shape index (κ3) is 4.48. The van der Waals surface area contributed by atoms with Gasteiger partial charge in [0.25, 0.3) is 0 Å². The monoisotopic (exact) mass is 373 g/mol. The first-order chi connectivity index (χ1) is 12.3. The van der Waals surface area contributed by atoms with E-state index in [0.717, 1.165) is 17.5 Å². The van der Waals surface area contributed by atoms with Gasteiger partial charge < -0.3 is 10.6 Å². The molecule has 2 heterocycles. The Morgan fingerprint density at radius 3 is 2.54 bits per heavy atom. The van der Waals surface area contributed by atoms with E-state index >= 15 is 0 Å². The molecule has 9 nitrogen and oxygen atoms in total. The number of hydrogen-bond donors (Lipinski definition) is 4. The highest BCUT2D eigenvalue weighted by atomic mass is 32.2. The van der Waals surface area contributed by atoms with Crippen LogP contribution in [0.25, 0.3) is 0 Å². The Morgan fingerprint density at radius 2 is 1.85 bits per heavy atom. The van der Waals surface area contributed by atoms with E-state index in [4.69, 9.17) is 0 Å². The number of rotatable bonds is 6. The average Bonchev–Trinajstić information content (AvgIpc) is 2.86. The molecule has 3 aromatic rings. The molecule has 0 aliphatic carbocycles. The molecule has 0 amide bonds. The van der Waals surface area contributed by atoms with Gasteiger partial charge >= 0.3 is 0 Å². The molecule has 0 fully saturated rings. The summed E-state index contributed by atoms with van der Waals surface area (Å²) in [5, 5.41) is 13.3. The van der Waals surface area contributed by atoms with E-state index in [9.17, 15) is 8.42 Å². The normalized spacial score (nSPS) is 11.2. The lowest BCUT2D eigenvalue weighted by molar-refractivity contribution is 0.607. The fourth-order valence-electron chi connectivity index (χ4n) is 2.22. The van der Waals surface area contributed by atoms with Gasteiger partial charge in [0, 0.05) is 23.1 Å². The number of nitrogens with one attached hydrogen (secondary N) is 4. The fourth-order valence-corrected chi connectivity index (χ4v) is 2.78. The van der Waals surface area contributed by atoms with Gasteiger partial charge in [0.15, 0.2) is 5.82 Å². The summed E-state index contributed by atoms with van der Waals surface area (Å²) in [6, 6.07) is 8.57. The molecule has 0 bridgehead atoms. The summed E-state index contributed by atoms with van der Waals surface area (Å²) in [4.78, 5) is 8.57. The molecule has 10 heteroatoms. The highest BCUT2D eigenvalue weighted by Crippen LogP contribution is 2.21. The highest BCUT2D eigenvalue weighted by Gasteiger charge is 2.08. The number of aryl methyl sites for hydroxylation is 1. The van der Waals surface area contributed by atoms with Gasteiger partial charge in [-0.2, -0.15) is 10.1 Å². The van der Waals surface area contributed by atoms with Crippen LogP contribution in [0.4, 0.5) is 29.0 Å². The van der Waals surface area contributed by atoms with Crippen LogP contribution in [-0.2, 0) is 10.0 Å². The molecule has 0 spiro atoms. The van der Waals surface area contributed by atoms with E-state index in [1.165, 1.54) is 0 Å². The maximum absolute atomic E-state index is 11.3. The van der Waals surface area contributed by atoms with Crippen molar-refractivity contribution in [1.82, 2.24) is 20.2 Å². The fraction of sp³-hybridized carbons (Fsp3) is 0.188. The Bertz CT molecular complexity index is 1030. The predicted molar refractivity (Wildman–Crippen MR) is 102 cm³/mol. The van der Waals surface area contributed by atoms with E-state index in [2.05, 4.69) is 35.5 Å². The van der Waals surface area contributed by atoms with Gasteiger partial charge in [-0.15, -0.1) is 0 Å². The number of anilines is 5. The number of hydrogen-bond acceptors (Lipinski definition) is 7. The summed E-state index contributed by atoms with van der Waals surface area (Å²) in [5.74, 6) is 1.66. The van der Waals surface area contributed by atoms with Crippen LogP contribution in [0.2, 0.25) is 0 Å². The minimum atomic E-state index is -3.34. The van der Waals surface area contributed by atoms with Gasteiger partial charge in [0.2, 0.25) is 16.0 Å². The van der Waals surface area contributed by atoms with Gasteiger partial charge in [0.05, 0.1) is 11.9 Å². The Labute approximate surface area is 151 Å². The highest BCUT2D eigenvalue weighted by molar-refractivity contribution is 7.92. The average molecular weight is 373 g/mol. The number of nitrogens with zero attached hydrogens (tertiary/aromatic N) is 3. The first kappa shape index (κ1) is 17.7. The molecule has 2 aromatic heterocycles. The summed E-state index contributed by atoms with van der Waals surface area (Å²) in [6.45, 7) is 3.90. The second-order valence-corrected chi connectivity index (χ2v) is 7.54. The van der Waals surface area contributed by atoms with Crippen molar-refractivity contribution in [3.05, 3.63) is 47.8 Å². The lowest BCUT2D eigenvalue weighted by Crippen LogP contribution is -2.09. The molecular weight excluding hydrogens is 354 g/mol. The van der Waals surface area contributed by atoms with Crippen molar-refractivity contribution in [2.45, 2.75) is 13.8 Å². The van der Waals surface area contributed by atoms with Gasteiger partial charge in [-0.3, -0.25) is 9.82 Å². The zero-order valence-electron chi connectivity index (χ0n) is 14.5. The van der Waals surface area contributed by atoms with Crippen LogP contribution >= 0.6 is 0 Å². The lowest BCUT2D eigenvalue weighted by atomic mass is 10.3. The summed E-state index contributed by atoms with van der Waals surface area (Å²) < 4.78 is 25.1. The maximum atomic E-state index is 11.3. The SMILES string of the molecule is Cc1[nH]nc(Nc2ccnc(Nc3cccc(NS(C)(=O)=O)c3)n2)c1C. The van der Waals surface area contributed by atoms with Gasteiger partial charge in [-0.05, 0) is 38.1 Å². The van der Waals surface area contributed by atoms with Gasteiger partial charge in [0.1, 0.15) is 5.82 Å². The maximum Gasteiger partial charge on any atom is 0.229 e. The van der Waals surface area contributed by atoms with Gasteiger partial charge in [-0.1, -0.05) is 6.07 Å².